The third-order valence-corrected chi connectivity index (χ3v) is 6.53. The second kappa shape index (κ2) is 10.6. The highest BCUT2D eigenvalue weighted by Crippen LogP contribution is 2.22. The second-order valence-electron chi connectivity index (χ2n) is 7.25. The van der Waals surface area contributed by atoms with Crippen LogP contribution in [0.5, 0.6) is 0 Å². The van der Waals surface area contributed by atoms with Crippen molar-refractivity contribution in [3.05, 3.63) is 94.5 Å². The first kappa shape index (κ1) is 24.4. The zero-order chi connectivity index (χ0) is 24.0. The third kappa shape index (κ3) is 6.89. The highest BCUT2D eigenvalue weighted by Gasteiger charge is 2.15. The fourth-order valence-electron chi connectivity index (χ4n) is 2.94. The topological polar surface area (TPSA) is 87.3 Å². The van der Waals surface area contributed by atoms with Gasteiger partial charge in [-0.15, -0.1) is 0 Å². The number of carbonyl (C=O) groups excluding carboxylic acids is 1. The summed E-state index contributed by atoms with van der Waals surface area (Å²) in [5.41, 5.74) is 3.65. The number of benzene rings is 3. The lowest BCUT2D eigenvalue weighted by molar-refractivity contribution is -0.115. The van der Waals surface area contributed by atoms with Crippen molar-refractivity contribution in [1.82, 2.24) is 5.32 Å². The first-order valence-corrected chi connectivity index (χ1v) is 12.2. The van der Waals surface area contributed by atoms with Gasteiger partial charge in [0, 0.05) is 16.8 Å². The SMILES string of the molecule is Cc1ccc(NS(=O)(=O)c2ccc(NC(=S)NC(=O)/C=C/c3ccccc3Cl)cc2)c(C)c1. The van der Waals surface area contributed by atoms with Crippen LogP contribution in [0.4, 0.5) is 11.4 Å². The predicted octanol–water partition coefficient (Wildman–Crippen LogP) is 5.28. The second-order valence-corrected chi connectivity index (χ2v) is 9.74. The Kier molecular flexibility index (Phi) is 7.86. The van der Waals surface area contributed by atoms with Gasteiger partial charge in [0.05, 0.1) is 10.6 Å². The molecule has 1 amide bonds. The average Bonchev–Trinajstić information content (AvgIpc) is 2.75. The largest absolute Gasteiger partial charge is 0.332 e. The van der Waals surface area contributed by atoms with E-state index in [2.05, 4.69) is 15.4 Å². The van der Waals surface area contributed by atoms with Gasteiger partial charge in [-0.3, -0.25) is 14.8 Å². The van der Waals surface area contributed by atoms with E-state index >= 15 is 0 Å². The summed E-state index contributed by atoms with van der Waals surface area (Å²) in [7, 11) is -3.75. The molecule has 0 atom stereocenters. The highest BCUT2D eigenvalue weighted by molar-refractivity contribution is 7.92. The summed E-state index contributed by atoms with van der Waals surface area (Å²) >= 11 is 11.2. The van der Waals surface area contributed by atoms with Crippen LogP contribution in [0.2, 0.25) is 5.02 Å². The van der Waals surface area contributed by atoms with Crippen molar-refractivity contribution in [2.75, 3.05) is 10.0 Å². The molecule has 3 N–H and O–H groups in total. The van der Waals surface area contributed by atoms with Crippen molar-refractivity contribution in [1.29, 1.82) is 0 Å². The molecule has 0 aromatic heterocycles. The van der Waals surface area contributed by atoms with Crippen molar-refractivity contribution in [3.63, 3.8) is 0 Å². The molecule has 3 aromatic rings. The maximum absolute atomic E-state index is 12.7. The smallest absolute Gasteiger partial charge is 0.261 e. The lowest BCUT2D eigenvalue weighted by Gasteiger charge is -2.12. The van der Waals surface area contributed by atoms with Crippen LogP contribution >= 0.6 is 23.8 Å². The molecular weight excluding hydrogens is 478 g/mol. The fraction of sp³-hybridized carbons (Fsp3) is 0.0833. The number of halogens is 1. The van der Waals surface area contributed by atoms with Crippen LogP contribution in [-0.4, -0.2) is 19.4 Å². The molecule has 33 heavy (non-hydrogen) atoms. The average molecular weight is 500 g/mol. The molecule has 0 fully saturated rings. The van der Waals surface area contributed by atoms with E-state index in [1.165, 1.54) is 18.2 Å². The van der Waals surface area contributed by atoms with E-state index in [9.17, 15) is 13.2 Å². The quantitative estimate of drug-likeness (QED) is 0.317. The normalized spacial score (nSPS) is 11.2. The molecule has 9 heteroatoms. The molecule has 0 bridgehead atoms. The van der Waals surface area contributed by atoms with Crippen molar-refractivity contribution < 1.29 is 13.2 Å². The van der Waals surface area contributed by atoms with Crippen molar-refractivity contribution >= 4 is 62.3 Å². The molecule has 0 unspecified atom stereocenters. The van der Waals surface area contributed by atoms with E-state index in [1.54, 1.807) is 42.5 Å². The summed E-state index contributed by atoms with van der Waals surface area (Å²) in [6.07, 6.45) is 2.91. The summed E-state index contributed by atoms with van der Waals surface area (Å²) in [6.45, 7) is 3.79. The monoisotopic (exact) mass is 499 g/mol. The van der Waals surface area contributed by atoms with Crippen molar-refractivity contribution in [2.24, 2.45) is 0 Å². The number of anilines is 2. The lowest BCUT2D eigenvalue weighted by atomic mass is 10.1. The van der Waals surface area contributed by atoms with Gasteiger partial charge in [-0.2, -0.15) is 0 Å². The number of hydrogen-bond donors (Lipinski definition) is 3. The minimum atomic E-state index is -3.75. The minimum absolute atomic E-state index is 0.0767. The van der Waals surface area contributed by atoms with E-state index in [0.29, 0.717) is 22.0 Å². The predicted molar refractivity (Wildman–Crippen MR) is 138 cm³/mol. The Labute approximate surface area is 203 Å². The fourth-order valence-corrected chi connectivity index (χ4v) is 4.49. The number of thiocarbonyl (C=S) groups is 1. The van der Waals surface area contributed by atoms with Crippen LogP contribution in [0.25, 0.3) is 6.08 Å². The molecule has 6 nitrogen and oxygen atoms in total. The molecule has 0 saturated heterocycles. The number of amides is 1. The Bertz CT molecular complexity index is 1320. The molecule has 0 spiro atoms. The Morgan fingerprint density at radius 2 is 1.70 bits per heavy atom. The van der Waals surface area contributed by atoms with E-state index < -0.39 is 15.9 Å². The molecule has 0 aliphatic carbocycles. The number of rotatable bonds is 6. The Morgan fingerprint density at radius 3 is 2.36 bits per heavy atom. The first-order valence-electron chi connectivity index (χ1n) is 9.89. The van der Waals surface area contributed by atoms with Gasteiger partial charge >= 0.3 is 0 Å². The van der Waals surface area contributed by atoms with Crippen LogP contribution < -0.4 is 15.4 Å². The molecule has 0 aliphatic rings. The molecule has 3 rings (SSSR count). The van der Waals surface area contributed by atoms with Crippen molar-refractivity contribution in [3.8, 4) is 0 Å². The summed E-state index contributed by atoms with van der Waals surface area (Å²) < 4.78 is 28.0. The summed E-state index contributed by atoms with van der Waals surface area (Å²) in [5, 5.41) is 5.99. The van der Waals surface area contributed by atoms with E-state index in [-0.39, 0.29) is 10.0 Å². The molecule has 0 saturated carbocycles. The number of carbonyl (C=O) groups is 1. The molecular formula is C24H22ClN3O3S2. The van der Waals surface area contributed by atoms with Crippen LogP contribution in [0.1, 0.15) is 16.7 Å². The maximum atomic E-state index is 12.7. The van der Waals surface area contributed by atoms with Crippen LogP contribution in [0, 0.1) is 13.8 Å². The van der Waals surface area contributed by atoms with Gasteiger partial charge in [0.15, 0.2) is 5.11 Å². The number of nitrogens with one attached hydrogen (secondary N) is 3. The standard InChI is InChI=1S/C24H22ClN3O3S2/c1-16-7-13-22(17(2)15-16)28-33(30,31)20-11-9-19(10-12-20)26-24(32)27-23(29)14-8-18-5-3-4-6-21(18)25/h3-15,28H,1-2H3,(H2,26,27,29,32)/b14-8+. The van der Waals surface area contributed by atoms with Crippen molar-refractivity contribution in [2.45, 2.75) is 18.7 Å². The van der Waals surface area contributed by atoms with Crippen LogP contribution in [0.3, 0.4) is 0 Å². The van der Waals surface area contributed by atoms with Gasteiger partial charge in [-0.25, -0.2) is 8.42 Å². The van der Waals surface area contributed by atoms with Crippen LogP contribution in [0.15, 0.2) is 77.7 Å². The Morgan fingerprint density at radius 1 is 1.00 bits per heavy atom. The maximum Gasteiger partial charge on any atom is 0.261 e. The van der Waals surface area contributed by atoms with E-state index in [1.807, 2.05) is 32.0 Å². The van der Waals surface area contributed by atoms with Gasteiger partial charge < -0.3 is 5.32 Å². The zero-order valence-corrected chi connectivity index (χ0v) is 20.3. The van der Waals surface area contributed by atoms with Gasteiger partial charge in [0.2, 0.25) is 5.91 Å². The number of hydrogen-bond acceptors (Lipinski definition) is 4. The van der Waals surface area contributed by atoms with E-state index in [4.69, 9.17) is 23.8 Å². The lowest BCUT2D eigenvalue weighted by Crippen LogP contribution is -2.32. The summed E-state index contributed by atoms with van der Waals surface area (Å²) in [4.78, 5) is 12.2. The Balaban J connectivity index is 1.60. The van der Waals surface area contributed by atoms with Gasteiger partial charge in [-0.05, 0) is 79.7 Å². The van der Waals surface area contributed by atoms with Crippen LogP contribution in [-0.2, 0) is 14.8 Å². The van der Waals surface area contributed by atoms with E-state index in [0.717, 1.165) is 11.1 Å². The Hall–Kier alpha value is -3.20. The number of sulfonamides is 1. The first-order chi connectivity index (χ1) is 15.6. The van der Waals surface area contributed by atoms with Gasteiger partial charge in [0.1, 0.15) is 0 Å². The molecule has 0 radical (unpaired) electrons. The third-order valence-electron chi connectivity index (χ3n) is 4.60. The summed E-state index contributed by atoms with van der Waals surface area (Å²) in [5.74, 6) is -0.427. The molecule has 3 aromatic carbocycles. The molecule has 0 aliphatic heterocycles. The molecule has 170 valence electrons. The zero-order valence-electron chi connectivity index (χ0n) is 17.9. The number of aryl methyl sites for hydroxylation is 2. The van der Waals surface area contributed by atoms with Gasteiger partial charge in [0.25, 0.3) is 10.0 Å². The molecule has 0 heterocycles. The minimum Gasteiger partial charge on any atom is -0.332 e. The van der Waals surface area contributed by atoms with Gasteiger partial charge in [-0.1, -0.05) is 47.5 Å². The summed E-state index contributed by atoms with van der Waals surface area (Å²) in [6, 6.07) is 18.7. The highest BCUT2D eigenvalue weighted by atomic mass is 35.5.